The first kappa shape index (κ1) is 22.3. The van der Waals surface area contributed by atoms with E-state index in [1.165, 1.54) is 11.3 Å². The summed E-state index contributed by atoms with van der Waals surface area (Å²) in [6.07, 6.45) is 0.499. The van der Waals surface area contributed by atoms with Crippen molar-refractivity contribution in [2.75, 3.05) is 5.32 Å². The van der Waals surface area contributed by atoms with Crippen LogP contribution in [0.2, 0.25) is 0 Å². The third kappa shape index (κ3) is 4.25. The fraction of sp³-hybridized carbons (Fsp3) is 0.368. The van der Waals surface area contributed by atoms with E-state index in [1.807, 2.05) is 27.7 Å². The van der Waals surface area contributed by atoms with Crippen molar-refractivity contribution in [3.05, 3.63) is 60.0 Å². The van der Waals surface area contributed by atoms with Crippen LogP contribution < -0.4 is 16.4 Å². The van der Waals surface area contributed by atoms with Gasteiger partial charge >= 0.3 is 0 Å². The molecule has 2 heterocycles. The van der Waals surface area contributed by atoms with Crippen LogP contribution in [0.1, 0.15) is 58.9 Å². The lowest BCUT2D eigenvalue weighted by atomic mass is 9.81. The summed E-state index contributed by atoms with van der Waals surface area (Å²) in [5.41, 5.74) is 4.24. The SMILES string of the molecule is CC1(C)Cc2c(sc(NC(=O)c3cc([N+](=O)[O-])cc([N+](=O)[O-])c3)c2C(N)=O)C(C)(C)N1. The van der Waals surface area contributed by atoms with Gasteiger partial charge < -0.3 is 16.4 Å². The van der Waals surface area contributed by atoms with Gasteiger partial charge in [-0.15, -0.1) is 11.3 Å². The van der Waals surface area contributed by atoms with Crippen molar-refractivity contribution in [1.29, 1.82) is 0 Å². The topological polar surface area (TPSA) is 170 Å². The highest BCUT2D eigenvalue weighted by Gasteiger charge is 2.41. The summed E-state index contributed by atoms with van der Waals surface area (Å²) in [4.78, 5) is 46.5. The summed E-state index contributed by atoms with van der Waals surface area (Å²) in [5, 5.41) is 28.5. The average Bonchev–Trinajstić information content (AvgIpc) is 2.98. The number of nitrogens with two attached hydrogens (primary N) is 1. The molecule has 0 fully saturated rings. The second-order valence-electron chi connectivity index (χ2n) is 8.50. The maximum atomic E-state index is 12.8. The molecule has 1 aliphatic rings. The van der Waals surface area contributed by atoms with Gasteiger partial charge in [0, 0.05) is 28.1 Å². The van der Waals surface area contributed by atoms with Crippen molar-refractivity contribution in [3.8, 4) is 0 Å². The molecule has 1 aromatic heterocycles. The molecule has 0 unspecified atom stereocenters. The molecule has 0 bridgehead atoms. The summed E-state index contributed by atoms with van der Waals surface area (Å²) in [6.45, 7) is 7.87. The molecular weight excluding hydrogens is 426 g/mol. The molecule has 0 spiro atoms. The molecule has 4 N–H and O–H groups in total. The minimum Gasteiger partial charge on any atom is -0.365 e. The smallest absolute Gasteiger partial charge is 0.277 e. The lowest BCUT2D eigenvalue weighted by Gasteiger charge is -2.42. The van der Waals surface area contributed by atoms with E-state index in [4.69, 9.17) is 5.73 Å². The second-order valence-corrected chi connectivity index (χ2v) is 9.52. The third-order valence-corrected chi connectivity index (χ3v) is 6.38. The maximum absolute atomic E-state index is 12.8. The van der Waals surface area contributed by atoms with Gasteiger partial charge in [-0.2, -0.15) is 0 Å². The number of carbonyl (C=O) groups is 2. The number of amides is 2. The number of nitro benzene ring substituents is 2. The fourth-order valence-corrected chi connectivity index (χ4v) is 5.27. The van der Waals surface area contributed by atoms with Gasteiger partial charge in [0.05, 0.1) is 27.0 Å². The van der Waals surface area contributed by atoms with E-state index < -0.39 is 38.6 Å². The minimum atomic E-state index is -0.821. The van der Waals surface area contributed by atoms with E-state index in [1.54, 1.807) is 0 Å². The second kappa shape index (κ2) is 7.39. The summed E-state index contributed by atoms with van der Waals surface area (Å²) in [7, 11) is 0. The molecule has 31 heavy (non-hydrogen) atoms. The Morgan fingerprint density at radius 1 is 1.10 bits per heavy atom. The molecule has 0 saturated carbocycles. The van der Waals surface area contributed by atoms with Crippen LogP contribution in [0.5, 0.6) is 0 Å². The van der Waals surface area contributed by atoms with E-state index in [2.05, 4.69) is 10.6 Å². The maximum Gasteiger partial charge on any atom is 0.277 e. The van der Waals surface area contributed by atoms with Crippen LogP contribution in [0.3, 0.4) is 0 Å². The number of nitrogens with one attached hydrogen (secondary N) is 2. The van der Waals surface area contributed by atoms with Gasteiger partial charge in [0.1, 0.15) is 5.00 Å². The van der Waals surface area contributed by atoms with Gasteiger partial charge in [0.2, 0.25) is 0 Å². The normalized spacial score (nSPS) is 16.3. The number of benzene rings is 1. The number of hydrogen-bond acceptors (Lipinski definition) is 8. The first-order chi connectivity index (χ1) is 14.2. The summed E-state index contributed by atoms with van der Waals surface area (Å²) < 4.78 is 0. The molecule has 1 aromatic carbocycles. The van der Waals surface area contributed by atoms with Crippen molar-refractivity contribution in [2.45, 2.75) is 45.2 Å². The molecule has 0 aliphatic carbocycles. The largest absolute Gasteiger partial charge is 0.365 e. The van der Waals surface area contributed by atoms with Gasteiger partial charge in [-0.25, -0.2) is 0 Å². The van der Waals surface area contributed by atoms with Crippen molar-refractivity contribution in [3.63, 3.8) is 0 Å². The van der Waals surface area contributed by atoms with Crippen LogP contribution in [0.15, 0.2) is 18.2 Å². The van der Waals surface area contributed by atoms with Crippen molar-refractivity contribution >= 4 is 39.5 Å². The molecule has 2 aromatic rings. The Kier molecular flexibility index (Phi) is 5.32. The number of hydrogen-bond donors (Lipinski definition) is 3. The highest BCUT2D eigenvalue weighted by atomic mass is 32.1. The quantitative estimate of drug-likeness (QED) is 0.467. The number of non-ortho nitro benzene ring substituents is 2. The van der Waals surface area contributed by atoms with Crippen molar-refractivity contribution in [2.24, 2.45) is 5.73 Å². The van der Waals surface area contributed by atoms with Gasteiger partial charge in [-0.3, -0.25) is 29.8 Å². The summed E-state index contributed by atoms with van der Waals surface area (Å²) in [6, 6.07) is 2.65. The molecule has 3 rings (SSSR count). The van der Waals surface area contributed by atoms with Gasteiger partial charge in [0.25, 0.3) is 23.2 Å². The zero-order valence-electron chi connectivity index (χ0n) is 17.3. The van der Waals surface area contributed by atoms with Crippen LogP contribution in [0.4, 0.5) is 16.4 Å². The zero-order chi connectivity index (χ0) is 23.3. The van der Waals surface area contributed by atoms with Gasteiger partial charge in [0.15, 0.2) is 0 Å². The van der Waals surface area contributed by atoms with Gasteiger partial charge in [-0.05, 0) is 39.7 Å². The zero-order valence-corrected chi connectivity index (χ0v) is 18.1. The third-order valence-electron chi connectivity index (χ3n) is 4.90. The number of thiophene rings is 1. The number of anilines is 1. The number of primary amides is 1. The Labute approximate surface area is 180 Å². The van der Waals surface area contributed by atoms with E-state index in [9.17, 15) is 29.8 Å². The van der Waals surface area contributed by atoms with Crippen LogP contribution in [0.25, 0.3) is 0 Å². The van der Waals surface area contributed by atoms with E-state index in [0.717, 1.165) is 28.6 Å². The average molecular weight is 447 g/mol. The monoisotopic (exact) mass is 447 g/mol. The molecule has 0 atom stereocenters. The molecule has 0 saturated heterocycles. The first-order valence-corrected chi connectivity index (χ1v) is 10.0. The number of nitrogens with zero attached hydrogens (tertiary/aromatic N) is 2. The standard InChI is InChI=1S/C19H21N5O6S/c1-18(2)8-12-13(15(20)25)17(31-14(12)19(3,4)22-18)21-16(26)9-5-10(23(27)28)7-11(6-9)24(29)30/h5-7,22H,8H2,1-4H3,(H2,20,25)(H,21,26). The van der Waals surface area contributed by atoms with E-state index >= 15 is 0 Å². The van der Waals surface area contributed by atoms with Crippen LogP contribution in [-0.2, 0) is 12.0 Å². The Morgan fingerprint density at radius 2 is 1.65 bits per heavy atom. The molecule has 11 nitrogen and oxygen atoms in total. The number of fused-ring (bicyclic) bond motifs is 1. The minimum absolute atomic E-state index is 0.177. The van der Waals surface area contributed by atoms with Crippen molar-refractivity contribution in [1.82, 2.24) is 5.32 Å². The summed E-state index contributed by atoms with van der Waals surface area (Å²) >= 11 is 1.18. The lowest BCUT2D eigenvalue weighted by molar-refractivity contribution is -0.394. The Bertz CT molecular complexity index is 1100. The first-order valence-electron chi connectivity index (χ1n) is 9.22. The molecule has 1 aliphatic heterocycles. The Hall–Kier alpha value is -3.38. The molecule has 0 radical (unpaired) electrons. The van der Waals surface area contributed by atoms with E-state index in [-0.39, 0.29) is 21.7 Å². The number of rotatable bonds is 5. The predicted molar refractivity (Wildman–Crippen MR) is 114 cm³/mol. The fourth-order valence-electron chi connectivity index (χ4n) is 3.99. The highest BCUT2D eigenvalue weighted by molar-refractivity contribution is 7.17. The highest BCUT2D eigenvalue weighted by Crippen LogP contribution is 2.45. The Morgan fingerprint density at radius 3 is 2.13 bits per heavy atom. The Balaban J connectivity index is 2.07. The van der Waals surface area contributed by atoms with E-state index in [0.29, 0.717) is 6.42 Å². The number of carbonyl (C=O) groups excluding carboxylic acids is 2. The van der Waals surface area contributed by atoms with Crippen LogP contribution in [-0.4, -0.2) is 27.2 Å². The van der Waals surface area contributed by atoms with Gasteiger partial charge in [-0.1, -0.05) is 0 Å². The predicted octanol–water partition coefficient (Wildman–Crippen LogP) is 3.08. The molecule has 2 amide bonds. The van der Waals surface area contributed by atoms with Crippen LogP contribution >= 0.6 is 11.3 Å². The van der Waals surface area contributed by atoms with Crippen molar-refractivity contribution < 1.29 is 19.4 Å². The molecule has 12 heteroatoms. The number of nitro groups is 2. The molecule has 164 valence electrons. The molecular formula is C19H21N5O6S. The lowest BCUT2D eigenvalue weighted by Crippen LogP contribution is -2.55. The van der Waals surface area contributed by atoms with Crippen LogP contribution in [0, 0.1) is 20.2 Å². The summed E-state index contributed by atoms with van der Waals surface area (Å²) in [5.74, 6) is -1.54.